The molecule has 0 aliphatic rings. The van der Waals surface area contributed by atoms with Gasteiger partial charge in [0.2, 0.25) is 15.9 Å². The minimum Gasteiger partial charge on any atom is -0.495 e. The van der Waals surface area contributed by atoms with Crippen molar-refractivity contribution in [1.82, 2.24) is 4.31 Å². The number of ether oxygens (including phenoxy) is 1. The fourth-order valence-electron chi connectivity index (χ4n) is 2.06. The van der Waals surface area contributed by atoms with Crippen LogP contribution in [0.1, 0.15) is 26.7 Å². The average Bonchev–Trinajstić information content (AvgIpc) is 2.45. The quantitative estimate of drug-likeness (QED) is 0.718. The summed E-state index contributed by atoms with van der Waals surface area (Å²) in [4.78, 5) is 12.1. The van der Waals surface area contributed by atoms with Crippen LogP contribution in [0.25, 0.3) is 0 Å². The van der Waals surface area contributed by atoms with Gasteiger partial charge in [0, 0.05) is 24.5 Å². The molecule has 0 aromatic heterocycles. The molecule has 0 radical (unpaired) electrons. The van der Waals surface area contributed by atoms with Gasteiger partial charge in [0.15, 0.2) is 0 Å². The lowest BCUT2D eigenvalue weighted by atomic mass is 10.1. The van der Waals surface area contributed by atoms with Crippen LogP contribution in [0.2, 0.25) is 5.02 Å². The number of carbonyl (C=O) groups is 1. The van der Waals surface area contributed by atoms with Crippen molar-refractivity contribution in [2.75, 3.05) is 31.8 Å². The number of benzene rings is 1. The first-order valence-electron chi connectivity index (χ1n) is 7.72. The second-order valence-electron chi connectivity index (χ2n) is 5.99. The lowest BCUT2D eigenvalue weighted by molar-refractivity contribution is -0.116. The summed E-state index contributed by atoms with van der Waals surface area (Å²) in [7, 11) is -1.84. The molecule has 0 saturated heterocycles. The number of halogens is 1. The van der Waals surface area contributed by atoms with Crippen molar-refractivity contribution in [3.8, 4) is 5.75 Å². The summed E-state index contributed by atoms with van der Waals surface area (Å²) in [6.07, 6.45) is 1.96. The maximum Gasteiger partial charge on any atom is 0.225 e. The molecule has 0 spiro atoms. The Morgan fingerprint density at radius 3 is 2.54 bits per heavy atom. The van der Waals surface area contributed by atoms with Gasteiger partial charge < -0.3 is 10.1 Å². The molecule has 6 nitrogen and oxygen atoms in total. The van der Waals surface area contributed by atoms with Crippen molar-refractivity contribution < 1.29 is 17.9 Å². The highest BCUT2D eigenvalue weighted by molar-refractivity contribution is 7.88. The van der Waals surface area contributed by atoms with Crippen molar-refractivity contribution in [3.63, 3.8) is 0 Å². The van der Waals surface area contributed by atoms with Crippen molar-refractivity contribution in [2.24, 2.45) is 5.92 Å². The molecule has 1 amide bonds. The molecule has 0 heterocycles. The van der Waals surface area contributed by atoms with Gasteiger partial charge in [-0.1, -0.05) is 25.4 Å². The molecule has 0 atom stereocenters. The van der Waals surface area contributed by atoms with Crippen LogP contribution in [-0.4, -0.2) is 45.1 Å². The Balaban J connectivity index is 2.68. The predicted molar refractivity (Wildman–Crippen MR) is 97.1 cm³/mol. The third-order valence-corrected chi connectivity index (χ3v) is 4.99. The van der Waals surface area contributed by atoms with Gasteiger partial charge in [0.25, 0.3) is 0 Å². The van der Waals surface area contributed by atoms with Crippen LogP contribution in [0.4, 0.5) is 5.69 Å². The van der Waals surface area contributed by atoms with Crippen molar-refractivity contribution in [3.05, 3.63) is 23.2 Å². The number of amides is 1. The molecule has 0 aliphatic heterocycles. The maximum absolute atomic E-state index is 12.1. The Kier molecular flexibility index (Phi) is 7.99. The van der Waals surface area contributed by atoms with Crippen molar-refractivity contribution in [1.29, 1.82) is 0 Å². The number of hydrogen-bond donors (Lipinski definition) is 1. The summed E-state index contributed by atoms with van der Waals surface area (Å²) in [6.45, 7) is 4.60. The summed E-state index contributed by atoms with van der Waals surface area (Å²) in [5.74, 6) is 0.583. The second kappa shape index (κ2) is 9.25. The first-order chi connectivity index (χ1) is 11.1. The number of carbonyl (C=O) groups excluding carboxylic acids is 1. The largest absolute Gasteiger partial charge is 0.495 e. The molecular weight excluding hydrogens is 352 g/mol. The summed E-state index contributed by atoms with van der Waals surface area (Å²) < 4.78 is 30.1. The molecule has 1 N–H and O–H groups in total. The van der Waals surface area contributed by atoms with E-state index in [4.69, 9.17) is 16.3 Å². The minimum absolute atomic E-state index is 0.0564. The number of rotatable bonds is 9. The van der Waals surface area contributed by atoms with Crippen LogP contribution in [0.5, 0.6) is 5.75 Å². The molecule has 24 heavy (non-hydrogen) atoms. The molecule has 1 aromatic rings. The van der Waals surface area contributed by atoms with Gasteiger partial charge in [0.05, 0.1) is 19.1 Å². The predicted octanol–water partition coefficient (Wildman–Crippen LogP) is 2.98. The summed E-state index contributed by atoms with van der Waals surface area (Å²) in [5, 5.41) is 3.18. The number of nitrogens with zero attached hydrogens (tertiary/aromatic N) is 1. The van der Waals surface area contributed by atoms with Gasteiger partial charge in [-0.25, -0.2) is 12.7 Å². The van der Waals surface area contributed by atoms with E-state index in [9.17, 15) is 13.2 Å². The van der Waals surface area contributed by atoms with Gasteiger partial charge in [-0.15, -0.1) is 0 Å². The molecule has 0 unspecified atom stereocenters. The normalized spacial score (nSPS) is 11.8. The van der Waals surface area contributed by atoms with Crippen LogP contribution in [0.15, 0.2) is 18.2 Å². The fourth-order valence-corrected chi connectivity index (χ4v) is 3.09. The molecule has 0 fully saturated rings. The number of methoxy groups -OCH3 is 1. The van der Waals surface area contributed by atoms with E-state index >= 15 is 0 Å². The van der Waals surface area contributed by atoms with E-state index in [1.807, 2.05) is 13.8 Å². The number of sulfonamides is 1. The Bertz CT molecular complexity index is 662. The van der Waals surface area contributed by atoms with Crippen LogP contribution in [-0.2, 0) is 14.8 Å². The van der Waals surface area contributed by atoms with Gasteiger partial charge in [-0.2, -0.15) is 0 Å². The Morgan fingerprint density at radius 2 is 2.00 bits per heavy atom. The van der Waals surface area contributed by atoms with Crippen molar-refractivity contribution in [2.45, 2.75) is 26.7 Å². The zero-order valence-electron chi connectivity index (χ0n) is 14.5. The summed E-state index contributed by atoms with van der Waals surface area (Å²) in [5.41, 5.74) is 0.461. The molecule has 1 aromatic carbocycles. The van der Waals surface area contributed by atoms with Crippen LogP contribution in [0, 0.1) is 5.92 Å². The smallest absolute Gasteiger partial charge is 0.225 e. The standard InChI is InChI=1S/C16H25ClN2O4S/c1-12(2)7-9-19(24(4,21)22)10-8-16(20)18-14-11-13(17)5-6-15(14)23-3/h5-6,11-12H,7-10H2,1-4H3,(H,18,20). The van der Waals surface area contributed by atoms with Gasteiger partial charge in [-0.05, 0) is 30.5 Å². The molecule has 8 heteroatoms. The molecule has 0 bridgehead atoms. The molecular formula is C16H25ClN2O4S. The Hall–Kier alpha value is -1.31. The third-order valence-electron chi connectivity index (χ3n) is 3.45. The Labute approximate surface area is 149 Å². The van der Waals surface area contributed by atoms with E-state index in [-0.39, 0.29) is 18.9 Å². The SMILES string of the molecule is COc1ccc(Cl)cc1NC(=O)CCN(CCC(C)C)S(C)(=O)=O. The zero-order valence-corrected chi connectivity index (χ0v) is 16.1. The van der Waals surface area contributed by atoms with E-state index in [0.717, 1.165) is 12.7 Å². The van der Waals surface area contributed by atoms with Gasteiger partial charge in [0.1, 0.15) is 5.75 Å². The lowest BCUT2D eigenvalue weighted by Crippen LogP contribution is -2.34. The van der Waals surface area contributed by atoms with Crippen LogP contribution >= 0.6 is 11.6 Å². The van der Waals surface area contributed by atoms with Crippen molar-refractivity contribution >= 4 is 33.2 Å². The molecule has 0 aliphatic carbocycles. The number of hydrogen-bond acceptors (Lipinski definition) is 4. The topological polar surface area (TPSA) is 75.7 Å². The fraction of sp³-hybridized carbons (Fsp3) is 0.562. The maximum atomic E-state index is 12.1. The average molecular weight is 377 g/mol. The lowest BCUT2D eigenvalue weighted by Gasteiger charge is -2.20. The van der Waals surface area contributed by atoms with E-state index in [1.165, 1.54) is 11.4 Å². The zero-order chi connectivity index (χ0) is 18.3. The van der Waals surface area contributed by atoms with E-state index < -0.39 is 10.0 Å². The van der Waals surface area contributed by atoms with Gasteiger partial charge in [-0.3, -0.25) is 4.79 Å². The minimum atomic E-state index is -3.34. The van der Waals surface area contributed by atoms with E-state index in [0.29, 0.717) is 28.9 Å². The second-order valence-corrected chi connectivity index (χ2v) is 8.41. The summed E-state index contributed by atoms with van der Waals surface area (Å²) in [6, 6.07) is 4.90. The first-order valence-corrected chi connectivity index (χ1v) is 9.94. The van der Waals surface area contributed by atoms with Crippen LogP contribution < -0.4 is 10.1 Å². The summed E-state index contributed by atoms with van der Waals surface area (Å²) >= 11 is 5.92. The van der Waals surface area contributed by atoms with Gasteiger partial charge >= 0.3 is 0 Å². The first kappa shape index (κ1) is 20.7. The molecule has 1 rings (SSSR count). The Morgan fingerprint density at radius 1 is 1.33 bits per heavy atom. The highest BCUT2D eigenvalue weighted by Crippen LogP contribution is 2.27. The third kappa shape index (κ3) is 7.07. The van der Waals surface area contributed by atoms with Crippen LogP contribution in [0.3, 0.4) is 0 Å². The highest BCUT2D eigenvalue weighted by Gasteiger charge is 2.18. The highest BCUT2D eigenvalue weighted by atomic mass is 35.5. The molecule has 136 valence electrons. The number of anilines is 1. The number of nitrogens with one attached hydrogen (secondary N) is 1. The van der Waals surface area contributed by atoms with E-state index in [2.05, 4.69) is 5.32 Å². The van der Waals surface area contributed by atoms with E-state index in [1.54, 1.807) is 18.2 Å². The molecule has 0 saturated carbocycles. The monoisotopic (exact) mass is 376 g/mol.